The number of benzene rings is 3. The van der Waals surface area contributed by atoms with Gasteiger partial charge in [-0.3, -0.25) is 4.79 Å². The van der Waals surface area contributed by atoms with E-state index in [0.29, 0.717) is 31.1 Å². The zero-order valence-corrected chi connectivity index (χ0v) is 21.6. The van der Waals surface area contributed by atoms with Crippen LogP contribution in [0.5, 0.6) is 11.5 Å². The van der Waals surface area contributed by atoms with Crippen LogP contribution in [0, 0.1) is 6.92 Å². The average molecular weight is 486 g/mol. The summed E-state index contributed by atoms with van der Waals surface area (Å²) in [6.45, 7) is 8.40. The van der Waals surface area contributed by atoms with Gasteiger partial charge in [-0.25, -0.2) is 4.98 Å². The number of nitrogens with zero attached hydrogens (tertiary/aromatic N) is 2. The molecule has 6 nitrogen and oxygen atoms in total. The Morgan fingerprint density at radius 3 is 2.58 bits per heavy atom. The number of hydrogen-bond acceptors (Lipinski definition) is 4. The molecule has 0 radical (unpaired) electrons. The SMILES string of the molecule is COc1ccc(C(=O)NCCc2nc3ccccc3n2CCCOc2cc(C)ccc2C(C)C)cc1. The Hall–Kier alpha value is -3.80. The van der Waals surface area contributed by atoms with Crippen LogP contribution in [-0.2, 0) is 13.0 Å². The zero-order chi connectivity index (χ0) is 25.5. The van der Waals surface area contributed by atoms with E-state index in [4.69, 9.17) is 14.5 Å². The minimum absolute atomic E-state index is 0.104. The van der Waals surface area contributed by atoms with E-state index < -0.39 is 0 Å². The molecule has 0 aliphatic rings. The van der Waals surface area contributed by atoms with E-state index in [1.807, 2.05) is 18.2 Å². The Morgan fingerprint density at radius 2 is 1.83 bits per heavy atom. The van der Waals surface area contributed by atoms with Crippen molar-refractivity contribution in [1.82, 2.24) is 14.9 Å². The number of nitrogens with one attached hydrogen (secondary N) is 1. The van der Waals surface area contributed by atoms with Gasteiger partial charge in [-0.1, -0.05) is 38.1 Å². The Labute approximate surface area is 213 Å². The molecule has 0 unspecified atom stereocenters. The van der Waals surface area contributed by atoms with E-state index in [1.165, 1.54) is 11.1 Å². The molecule has 3 aromatic carbocycles. The van der Waals surface area contributed by atoms with Crippen molar-refractivity contribution in [2.75, 3.05) is 20.3 Å². The van der Waals surface area contributed by atoms with E-state index in [1.54, 1.807) is 31.4 Å². The molecule has 0 saturated heterocycles. The van der Waals surface area contributed by atoms with Crippen LogP contribution in [0.3, 0.4) is 0 Å². The topological polar surface area (TPSA) is 65.4 Å². The number of carbonyl (C=O) groups excluding carboxylic acids is 1. The molecule has 4 rings (SSSR count). The van der Waals surface area contributed by atoms with Crippen molar-refractivity contribution >= 4 is 16.9 Å². The molecule has 4 aromatic rings. The van der Waals surface area contributed by atoms with Crippen LogP contribution in [-0.4, -0.2) is 35.7 Å². The minimum atomic E-state index is -0.104. The smallest absolute Gasteiger partial charge is 0.251 e. The molecule has 1 aromatic heterocycles. The van der Waals surface area contributed by atoms with Gasteiger partial charge in [-0.05, 0) is 72.9 Å². The Balaban J connectivity index is 1.38. The fourth-order valence-corrected chi connectivity index (χ4v) is 4.35. The quantitative estimate of drug-likeness (QED) is 0.268. The van der Waals surface area contributed by atoms with Crippen molar-refractivity contribution in [3.63, 3.8) is 0 Å². The van der Waals surface area contributed by atoms with Crippen molar-refractivity contribution in [3.8, 4) is 11.5 Å². The third kappa shape index (κ3) is 6.06. The van der Waals surface area contributed by atoms with Crippen LogP contribution in [0.4, 0.5) is 0 Å². The Morgan fingerprint density at radius 1 is 1.06 bits per heavy atom. The predicted octanol–water partition coefficient (Wildman–Crippen LogP) is 5.92. The molecule has 1 amide bonds. The third-order valence-corrected chi connectivity index (χ3v) is 6.29. The van der Waals surface area contributed by atoms with E-state index in [2.05, 4.69) is 54.9 Å². The van der Waals surface area contributed by atoms with Gasteiger partial charge in [0, 0.05) is 25.1 Å². The molecule has 1 heterocycles. The number of imidazole rings is 1. The summed E-state index contributed by atoms with van der Waals surface area (Å²) in [7, 11) is 1.61. The summed E-state index contributed by atoms with van der Waals surface area (Å²) in [6.07, 6.45) is 1.50. The highest BCUT2D eigenvalue weighted by atomic mass is 16.5. The van der Waals surface area contributed by atoms with Gasteiger partial charge < -0.3 is 19.4 Å². The normalized spacial score (nSPS) is 11.1. The Kier molecular flexibility index (Phi) is 8.26. The second-order valence-corrected chi connectivity index (χ2v) is 9.30. The molecule has 0 fully saturated rings. The molecular formula is C30H35N3O3. The first-order chi connectivity index (χ1) is 17.5. The van der Waals surface area contributed by atoms with E-state index in [-0.39, 0.29) is 5.91 Å². The van der Waals surface area contributed by atoms with Gasteiger partial charge in [0.25, 0.3) is 5.91 Å². The molecule has 36 heavy (non-hydrogen) atoms. The minimum Gasteiger partial charge on any atom is -0.497 e. The number of aryl methyl sites for hydroxylation is 2. The number of hydrogen-bond donors (Lipinski definition) is 1. The van der Waals surface area contributed by atoms with Gasteiger partial charge >= 0.3 is 0 Å². The molecule has 0 aliphatic heterocycles. The van der Waals surface area contributed by atoms with E-state index in [0.717, 1.165) is 41.3 Å². The number of methoxy groups -OCH3 is 1. The molecule has 1 N–H and O–H groups in total. The first-order valence-electron chi connectivity index (χ1n) is 12.6. The largest absolute Gasteiger partial charge is 0.497 e. The summed E-state index contributed by atoms with van der Waals surface area (Å²) >= 11 is 0. The number of ether oxygens (including phenoxy) is 2. The number of rotatable bonds is 11. The summed E-state index contributed by atoms with van der Waals surface area (Å²) in [6, 6.07) is 21.7. The average Bonchev–Trinajstić information content (AvgIpc) is 3.23. The lowest BCUT2D eigenvalue weighted by Crippen LogP contribution is -2.26. The number of carbonyl (C=O) groups is 1. The molecule has 0 atom stereocenters. The molecule has 0 aliphatic carbocycles. The predicted molar refractivity (Wildman–Crippen MR) is 144 cm³/mol. The van der Waals surface area contributed by atoms with Crippen molar-refractivity contribution in [3.05, 3.63) is 89.2 Å². The molecule has 0 saturated carbocycles. The fraction of sp³-hybridized carbons (Fsp3) is 0.333. The lowest BCUT2D eigenvalue weighted by molar-refractivity contribution is 0.0954. The first-order valence-corrected chi connectivity index (χ1v) is 12.6. The maximum atomic E-state index is 12.5. The first kappa shape index (κ1) is 25.3. The molecule has 188 valence electrons. The van der Waals surface area contributed by atoms with Crippen molar-refractivity contribution in [2.45, 2.75) is 46.1 Å². The lowest BCUT2D eigenvalue weighted by Gasteiger charge is -2.15. The van der Waals surface area contributed by atoms with Crippen molar-refractivity contribution < 1.29 is 14.3 Å². The molecular weight excluding hydrogens is 450 g/mol. The van der Waals surface area contributed by atoms with Crippen molar-refractivity contribution in [2.24, 2.45) is 0 Å². The summed E-state index contributed by atoms with van der Waals surface area (Å²) in [5.41, 5.74) is 5.12. The highest BCUT2D eigenvalue weighted by molar-refractivity contribution is 5.94. The van der Waals surface area contributed by atoms with E-state index in [9.17, 15) is 4.79 Å². The van der Waals surface area contributed by atoms with Gasteiger partial charge in [-0.15, -0.1) is 0 Å². The van der Waals surface area contributed by atoms with Crippen LogP contribution in [0.15, 0.2) is 66.7 Å². The van der Waals surface area contributed by atoms with Crippen LogP contribution in [0.25, 0.3) is 11.0 Å². The summed E-state index contributed by atoms with van der Waals surface area (Å²) in [4.78, 5) is 17.4. The number of fused-ring (bicyclic) bond motifs is 1. The van der Waals surface area contributed by atoms with Crippen LogP contribution >= 0.6 is 0 Å². The van der Waals surface area contributed by atoms with Crippen LogP contribution < -0.4 is 14.8 Å². The van der Waals surface area contributed by atoms with Gasteiger partial charge in [0.05, 0.1) is 24.8 Å². The van der Waals surface area contributed by atoms with Crippen LogP contribution in [0.1, 0.15) is 53.5 Å². The maximum Gasteiger partial charge on any atom is 0.251 e. The Bertz CT molecular complexity index is 1310. The lowest BCUT2D eigenvalue weighted by atomic mass is 10.0. The fourth-order valence-electron chi connectivity index (χ4n) is 4.35. The summed E-state index contributed by atoms with van der Waals surface area (Å²) in [5, 5.41) is 3.01. The highest BCUT2D eigenvalue weighted by Crippen LogP contribution is 2.27. The van der Waals surface area contributed by atoms with E-state index >= 15 is 0 Å². The highest BCUT2D eigenvalue weighted by Gasteiger charge is 2.13. The number of para-hydroxylation sites is 2. The van der Waals surface area contributed by atoms with Gasteiger partial charge in [0.1, 0.15) is 17.3 Å². The summed E-state index contributed by atoms with van der Waals surface area (Å²) in [5.74, 6) is 2.98. The monoisotopic (exact) mass is 485 g/mol. The third-order valence-electron chi connectivity index (χ3n) is 6.29. The summed E-state index contributed by atoms with van der Waals surface area (Å²) < 4.78 is 13.6. The van der Waals surface area contributed by atoms with Crippen molar-refractivity contribution in [1.29, 1.82) is 0 Å². The number of amides is 1. The van der Waals surface area contributed by atoms with Gasteiger partial charge in [0.2, 0.25) is 0 Å². The zero-order valence-electron chi connectivity index (χ0n) is 21.6. The van der Waals surface area contributed by atoms with Gasteiger partial charge in [0.15, 0.2) is 0 Å². The van der Waals surface area contributed by atoms with Crippen LogP contribution in [0.2, 0.25) is 0 Å². The second kappa shape index (κ2) is 11.8. The maximum absolute atomic E-state index is 12.5. The standard InChI is InChI=1S/C30H35N3O3/c1-21(2)25-15-10-22(3)20-28(25)36-19-7-18-33-27-9-6-5-8-26(27)32-29(33)16-17-31-30(34)23-11-13-24(35-4)14-12-23/h5-6,8-15,20-21H,7,16-19H2,1-4H3,(H,31,34). The molecule has 0 spiro atoms. The van der Waals surface area contributed by atoms with Gasteiger partial charge in [-0.2, -0.15) is 0 Å². The number of aromatic nitrogens is 2. The molecule has 6 heteroatoms. The second-order valence-electron chi connectivity index (χ2n) is 9.30. The molecule has 0 bridgehead atoms.